The lowest BCUT2D eigenvalue weighted by molar-refractivity contribution is -0.107. The Labute approximate surface area is 171 Å². The van der Waals surface area contributed by atoms with Crippen molar-refractivity contribution < 1.29 is 9.59 Å². The van der Waals surface area contributed by atoms with E-state index < -0.39 is 0 Å². The Hall–Kier alpha value is -2.30. The van der Waals surface area contributed by atoms with Gasteiger partial charge in [-0.3, -0.25) is 4.79 Å². The number of hydrogen-bond donors (Lipinski definition) is 2. The van der Waals surface area contributed by atoms with Gasteiger partial charge in [0.25, 0.3) is 0 Å². The Morgan fingerprint density at radius 3 is 1.82 bits per heavy atom. The molecule has 0 saturated carbocycles. The molecule has 0 saturated heterocycles. The minimum atomic E-state index is 0.133. The number of likely N-dealkylation sites (N-methyl/N-ethyl adjacent to an activating group) is 1. The van der Waals surface area contributed by atoms with Crippen molar-refractivity contribution in [1.29, 1.82) is 0 Å². The van der Waals surface area contributed by atoms with Crippen LogP contribution in [0.15, 0.2) is 60.7 Å². The number of ketones is 1. The molecule has 1 unspecified atom stereocenters. The van der Waals surface area contributed by atoms with E-state index in [4.69, 9.17) is 5.73 Å². The second-order valence-electron chi connectivity index (χ2n) is 5.65. The molecule has 3 N–H and O–H groups in total. The van der Waals surface area contributed by atoms with Crippen molar-refractivity contribution in [3.05, 3.63) is 71.8 Å². The van der Waals surface area contributed by atoms with Crippen LogP contribution in [-0.4, -0.2) is 32.2 Å². The molecule has 0 radical (unpaired) electrons. The summed E-state index contributed by atoms with van der Waals surface area (Å²) in [5, 5.41) is 2.82. The van der Waals surface area contributed by atoms with Crippen molar-refractivity contribution >= 4 is 12.1 Å². The van der Waals surface area contributed by atoms with Crippen molar-refractivity contribution in [3.8, 4) is 0 Å². The molecule has 0 fully saturated rings. The first-order valence-electron chi connectivity index (χ1n) is 10.1. The lowest BCUT2D eigenvalue weighted by Crippen LogP contribution is -2.18. The molecule has 156 valence electrons. The van der Waals surface area contributed by atoms with Crippen LogP contribution in [0.25, 0.3) is 0 Å². The summed E-state index contributed by atoms with van der Waals surface area (Å²) >= 11 is 0. The van der Waals surface area contributed by atoms with E-state index in [-0.39, 0.29) is 5.78 Å². The highest BCUT2D eigenvalue weighted by atomic mass is 16.1. The molecule has 4 nitrogen and oxygen atoms in total. The van der Waals surface area contributed by atoms with Gasteiger partial charge in [-0.15, -0.1) is 0 Å². The molecule has 0 aliphatic carbocycles. The molecule has 2 aromatic carbocycles. The summed E-state index contributed by atoms with van der Waals surface area (Å²) in [6.07, 6.45) is 2.64. The maximum atomic E-state index is 11.2. The van der Waals surface area contributed by atoms with Crippen molar-refractivity contribution in [2.24, 2.45) is 5.73 Å². The molecule has 0 aliphatic heterocycles. The van der Waals surface area contributed by atoms with E-state index in [1.54, 1.807) is 7.05 Å². The number of carbonyl (C=O) groups is 2. The summed E-state index contributed by atoms with van der Waals surface area (Å²) in [7, 11) is 1.76. The Kier molecular flexibility index (Phi) is 20.9. The van der Waals surface area contributed by atoms with Crippen LogP contribution in [0, 0.1) is 0 Å². The quantitative estimate of drug-likeness (QED) is 0.527. The van der Waals surface area contributed by atoms with Crippen LogP contribution in [0.1, 0.15) is 62.4 Å². The molecule has 0 spiro atoms. The number of hydrogen-bond acceptors (Lipinski definition) is 4. The van der Waals surface area contributed by atoms with Gasteiger partial charge >= 0.3 is 0 Å². The van der Waals surface area contributed by atoms with Crippen LogP contribution >= 0.6 is 0 Å². The minimum Gasteiger partial charge on any atom is -0.330 e. The van der Waals surface area contributed by atoms with Crippen LogP contribution in [0.4, 0.5) is 0 Å². The van der Waals surface area contributed by atoms with Crippen molar-refractivity contribution in [3.63, 3.8) is 0 Å². The topological polar surface area (TPSA) is 72.2 Å². The predicted molar refractivity (Wildman–Crippen MR) is 121 cm³/mol. The summed E-state index contributed by atoms with van der Waals surface area (Å²) in [5.41, 5.74) is 7.74. The Morgan fingerprint density at radius 2 is 1.46 bits per heavy atom. The molecule has 2 rings (SSSR count). The van der Waals surface area contributed by atoms with Gasteiger partial charge in [0.2, 0.25) is 0 Å². The molecule has 0 aliphatic rings. The van der Waals surface area contributed by atoms with Gasteiger partial charge in [0.15, 0.2) is 5.78 Å². The Bertz CT molecular complexity index is 582. The second kappa shape index (κ2) is 21.0. The van der Waals surface area contributed by atoms with Crippen LogP contribution in [-0.2, 0) is 4.79 Å². The standard InChI is InChI=1S/C10H15N.C9H11NO.C3H6O.C2H6/c1-2-9(8-11)10-6-4-3-5-7-10;1-10-7-9(11)8-5-3-2-4-6-8;1-2-3-4;1-2/h3-7,9H,2,8,11H2,1H3;2-6,10H,7H2,1H3;3H,2H2,1H3;1-2H3. The SMILES string of the molecule is CC.CCC(CN)c1ccccc1.CCC=O.CNCC(=O)c1ccccc1. The summed E-state index contributed by atoms with van der Waals surface area (Å²) in [5.74, 6) is 0.671. The van der Waals surface area contributed by atoms with E-state index in [1.807, 2.05) is 57.2 Å². The molecule has 0 bridgehead atoms. The number of nitrogens with one attached hydrogen (secondary N) is 1. The van der Waals surface area contributed by atoms with Crippen molar-refractivity contribution in [2.45, 2.75) is 46.5 Å². The zero-order valence-corrected chi connectivity index (χ0v) is 18.2. The van der Waals surface area contributed by atoms with Gasteiger partial charge in [-0.25, -0.2) is 0 Å². The first-order chi connectivity index (χ1) is 13.6. The van der Waals surface area contributed by atoms with E-state index >= 15 is 0 Å². The average Bonchev–Trinajstić information content (AvgIpc) is 2.78. The summed E-state index contributed by atoms with van der Waals surface area (Å²) in [4.78, 5) is 20.4. The lowest BCUT2D eigenvalue weighted by atomic mass is 9.97. The minimum absolute atomic E-state index is 0.133. The fourth-order valence-electron chi connectivity index (χ4n) is 2.15. The molecule has 0 heterocycles. The van der Waals surface area contributed by atoms with Gasteiger partial charge in [0.1, 0.15) is 6.29 Å². The zero-order chi connectivity index (χ0) is 21.6. The van der Waals surface area contributed by atoms with Gasteiger partial charge in [-0.1, -0.05) is 88.4 Å². The summed E-state index contributed by atoms with van der Waals surface area (Å²) in [6.45, 7) is 9.14. The van der Waals surface area contributed by atoms with Gasteiger partial charge in [0, 0.05) is 12.0 Å². The van der Waals surface area contributed by atoms with Crippen LogP contribution < -0.4 is 11.1 Å². The third-order valence-corrected chi connectivity index (χ3v) is 3.65. The number of rotatable bonds is 7. The average molecular weight is 387 g/mol. The summed E-state index contributed by atoms with van der Waals surface area (Å²) in [6, 6.07) is 19.7. The van der Waals surface area contributed by atoms with E-state index in [9.17, 15) is 9.59 Å². The third-order valence-electron chi connectivity index (χ3n) is 3.65. The number of carbonyl (C=O) groups excluding carboxylic acids is 2. The van der Waals surface area contributed by atoms with Crippen LogP contribution in [0.3, 0.4) is 0 Å². The first kappa shape index (κ1) is 27.9. The maximum absolute atomic E-state index is 11.2. The Morgan fingerprint density at radius 1 is 1.00 bits per heavy atom. The molecular weight excluding hydrogens is 348 g/mol. The molecule has 0 amide bonds. The van der Waals surface area contributed by atoms with Gasteiger partial charge in [-0.2, -0.15) is 0 Å². The smallest absolute Gasteiger partial charge is 0.176 e. The monoisotopic (exact) mass is 386 g/mol. The molecule has 4 heteroatoms. The van der Waals surface area contributed by atoms with E-state index in [2.05, 4.69) is 36.5 Å². The number of aldehydes is 1. The van der Waals surface area contributed by atoms with Gasteiger partial charge < -0.3 is 15.8 Å². The fourth-order valence-corrected chi connectivity index (χ4v) is 2.15. The number of Topliss-reactive ketones (excluding diaryl/α,β-unsaturated/α-hetero) is 1. The van der Waals surface area contributed by atoms with Crippen molar-refractivity contribution in [2.75, 3.05) is 20.1 Å². The highest BCUT2D eigenvalue weighted by Crippen LogP contribution is 2.16. The van der Waals surface area contributed by atoms with E-state index in [1.165, 1.54) is 5.56 Å². The van der Waals surface area contributed by atoms with Crippen LogP contribution in [0.5, 0.6) is 0 Å². The third kappa shape index (κ3) is 13.8. The molecule has 28 heavy (non-hydrogen) atoms. The zero-order valence-electron chi connectivity index (χ0n) is 18.2. The van der Waals surface area contributed by atoms with Gasteiger partial charge in [0.05, 0.1) is 6.54 Å². The fraction of sp³-hybridized carbons (Fsp3) is 0.417. The predicted octanol–water partition coefficient (Wildman–Crippen LogP) is 4.85. The lowest BCUT2D eigenvalue weighted by Gasteiger charge is -2.11. The van der Waals surface area contributed by atoms with Gasteiger partial charge in [-0.05, 0) is 31.5 Å². The highest BCUT2D eigenvalue weighted by molar-refractivity contribution is 5.97. The van der Waals surface area contributed by atoms with E-state index in [0.717, 1.165) is 24.8 Å². The number of nitrogens with two attached hydrogens (primary N) is 1. The number of benzene rings is 2. The van der Waals surface area contributed by atoms with Crippen LogP contribution in [0.2, 0.25) is 0 Å². The van der Waals surface area contributed by atoms with E-state index in [0.29, 0.717) is 18.9 Å². The van der Waals surface area contributed by atoms with Crippen molar-refractivity contribution in [1.82, 2.24) is 5.32 Å². The maximum Gasteiger partial charge on any atom is 0.176 e. The summed E-state index contributed by atoms with van der Waals surface area (Å²) < 4.78 is 0. The Balaban J connectivity index is 0. The second-order valence-corrected chi connectivity index (χ2v) is 5.65. The molecule has 2 aromatic rings. The first-order valence-corrected chi connectivity index (χ1v) is 10.1. The molecule has 1 atom stereocenters. The molecular formula is C24H38N2O2. The highest BCUT2D eigenvalue weighted by Gasteiger charge is 2.04. The largest absolute Gasteiger partial charge is 0.330 e. The normalized spacial score (nSPS) is 9.93. The molecule has 0 aromatic heterocycles.